The van der Waals surface area contributed by atoms with Gasteiger partial charge in [0.05, 0.1) is 5.02 Å². The summed E-state index contributed by atoms with van der Waals surface area (Å²) in [6.45, 7) is 6.04. The predicted molar refractivity (Wildman–Crippen MR) is 82.5 cm³/mol. The Balaban J connectivity index is 2.86. The number of carbonyl (C=O) groups is 1. The number of hydrogen-bond donors (Lipinski definition) is 2. The Morgan fingerprint density at radius 1 is 1.40 bits per heavy atom. The standard InChI is InChI=1S/C15H23ClN2O2/c1-4-7-8-10(5-2)17-14(19)11-9-12(16)13(6-3)18-15(11)20/h9-10H,4-8H2,1-3H3,(H,17,19)(H,18,20)/t10-/m1/s1. The summed E-state index contributed by atoms with van der Waals surface area (Å²) in [7, 11) is 0. The van der Waals surface area contributed by atoms with Gasteiger partial charge in [0.25, 0.3) is 11.5 Å². The van der Waals surface area contributed by atoms with Crippen LogP contribution in [-0.4, -0.2) is 16.9 Å². The van der Waals surface area contributed by atoms with Crippen LogP contribution in [0.3, 0.4) is 0 Å². The molecule has 20 heavy (non-hydrogen) atoms. The summed E-state index contributed by atoms with van der Waals surface area (Å²) in [6, 6.07) is 1.56. The first kappa shape index (κ1) is 16.8. The van der Waals surface area contributed by atoms with Gasteiger partial charge in [-0.15, -0.1) is 0 Å². The molecule has 0 bridgehead atoms. The Morgan fingerprint density at radius 2 is 2.10 bits per heavy atom. The fourth-order valence-electron chi connectivity index (χ4n) is 2.06. The molecule has 0 aliphatic heterocycles. The predicted octanol–water partition coefficient (Wildman–Crippen LogP) is 3.29. The van der Waals surface area contributed by atoms with E-state index in [2.05, 4.69) is 17.2 Å². The lowest BCUT2D eigenvalue weighted by Crippen LogP contribution is -2.37. The van der Waals surface area contributed by atoms with Crippen LogP contribution in [0.25, 0.3) is 0 Å². The van der Waals surface area contributed by atoms with Gasteiger partial charge in [-0.1, -0.05) is 45.2 Å². The van der Waals surface area contributed by atoms with Crippen molar-refractivity contribution in [2.75, 3.05) is 0 Å². The van der Waals surface area contributed by atoms with Crippen molar-refractivity contribution in [3.05, 3.63) is 32.7 Å². The molecular weight excluding hydrogens is 276 g/mol. The van der Waals surface area contributed by atoms with Gasteiger partial charge in [0.15, 0.2) is 0 Å². The van der Waals surface area contributed by atoms with E-state index in [4.69, 9.17) is 11.6 Å². The van der Waals surface area contributed by atoms with E-state index in [1.54, 1.807) is 0 Å². The van der Waals surface area contributed by atoms with Gasteiger partial charge < -0.3 is 10.3 Å². The average molecular weight is 299 g/mol. The maximum Gasteiger partial charge on any atom is 0.261 e. The first-order valence-electron chi connectivity index (χ1n) is 7.25. The molecule has 1 amide bonds. The Kier molecular flexibility index (Phi) is 6.79. The number of aryl methyl sites for hydroxylation is 1. The quantitative estimate of drug-likeness (QED) is 0.811. The number of nitrogens with one attached hydrogen (secondary N) is 2. The van der Waals surface area contributed by atoms with Crippen molar-refractivity contribution in [3.8, 4) is 0 Å². The Hall–Kier alpha value is -1.29. The molecule has 0 unspecified atom stereocenters. The Morgan fingerprint density at radius 3 is 2.65 bits per heavy atom. The SMILES string of the molecule is CCCC[C@@H](CC)NC(=O)c1cc(Cl)c(CC)[nH]c1=O. The molecule has 0 fully saturated rings. The van der Waals surface area contributed by atoms with Crippen LogP contribution in [-0.2, 0) is 6.42 Å². The van der Waals surface area contributed by atoms with E-state index in [-0.39, 0.29) is 23.1 Å². The topological polar surface area (TPSA) is 62.0 Å². The Bertz CT molecular complexity index is 511. The summed E-state index contributed by atoms with van der Waals surface area (Å²) in [5.41, 5.74) is 0.363. The molecule has 2 N–H and O–H groups in total. The number of amides is 1. The molecule has 0 radical (unpaired) electrons. The first-order chi connectivity index (χ1) is 9.53. The van der Waals surface area contributed by atoms with E-state index in [1.807, 2.05) is 13.8 Å². The molecule has 5 heteroatoms. The lowest BCUT2D eigenvalue weighted by molar-refractivity contribution is 0.0931. The summed E-state index contributed by atoms with van der Waals surface area (Å²) >= 11 is 6.05. The van der Waals surface area contributed by atoms with Gasteiger partial charge in [-0.05, 0) is 25.3 Å². The molecule has 1 heterocycles. The molecule has 4 nitrogen and oxygen atoms in total. The number of halogens is 1. The van der Waals surface area contributed by atoms with E-state index in [9.17, 15) is 9.59 Å². The maximum absolute atomic E-state index is 12.2. The molecular formula is C15H23ClN2O2. The van der Waals surface area contributed by atoms with Crippen LogP contribution in [0.1, 0.15) is 62.5 Å². The van der Waals surface area contributed by atoms with E-state index < -0.39 is 0 Å². The normalized spacial score (nSPS) is 12.2. The molecule has 1 aromatic heterocycles. The van der Waals surface area contributed by atoms with Gasteiger partial charge in [-0.2, -0.15) is 0 Å². The highest BCUT2D eigenvalue weighted by atomic mass is 35.5. The zero-order valence-corrected chi connectivity index (χ0v) is 13.1. The molecule has 112 valence electrons. The van der Waals surface area contributed by atoms with Crippen molar-refractivity contribution >= 4 is 17.5 Å². The van der Waals surface area contributed by atoms with Crippen molar-refractivity contribution in [2.45, 2.75) is 58.9 Å². The van der Waals surface area contributed by atoms with Gasteiger partial charge in [0.2, 0.25) is 0 Å². The minimum Gasteiger partial charge on any atom is -0.349 e. The first-order valence-corrected chi connectivity index (χ1v) is 7.63. The van der Waals surface area contributed by atoms with Crippen LogP contribution in [0.2, 0.25) is 5.02 Å². The van der Waals surface area contributed by atoms with E-state index in [0.717, 1.165) is 25.7 Å². The number of aromatic nitrogens is 1. The van der Waals surface area contributed by atoms with Crippen molar-refractivity contribution < 1.29 is 4.79 Å². The number of carbonyl (C=O) groups excluding carboxylic acids is 1. The fraction of sp³-hybridized carbons (Fsp3) is 0.600. The number of aromatic amines is 1. The van der Waals surface area contributed by atoms with Gasteiger partial charge in [-0.25, -0.2) is 0 Å². The highest BCUT2D eigenvalue weighted by molar-refractivity contribution is 6.31. The average Bonchev–Trinajstić information content (AvgIpc) is 2.44. The molecule has 0 spiro atoms. The molecule has 1 atom stereocenters. The minimum atomic E-state index is -0.380. The minimum absolute atomic E-state index is 0.0853. The number of unbranched alkanes of at least 4 members (excludes halogenated alkanes) is 1. The molecule has 0 saturated heterocycles. The number of rotatable bonds is 7. The molecule has 0 aromatic carbocycles. The van der Waals surface area contributed by atoms with Crippen molar-refractivity contribution in [1.82, 2.24) is 10.3 Å². The largest absolute Gasteiger partial charge is 0.349 e. The summed E-state index contributed by atoms with van der Waals surface area (Å²) in [5.74, 6) is -0.348. The van der Waals surface area contributed by atoms with Gasteiger partial charge >= 0.3 is 0 Å². The van der Waals surface area contributed by atoms with Gasteiger partial charge in [0, 0.05) is 11.7 Å². The second-order valence-corrected chi connectivity index (χ2v) is 5.32. The van der Waals surface area contributed by atoms with E-state index in [0.29, 0.717) is 17.1 Å². The van der Waals surface area contributed by atoms with Crippen LogP contribution in [0.4, 0.5) is 0 Å². The fourth-order valence-corrected chi connectivity index (χ4v) is 2.35. The number of H-pyrrole nitrogens is 1. The summed E-state index contributed by atoms with van der Waals surface area (Å²) < 4.78 is 0. The zero-order valence-electron chi connectivity index (χ0n) is 12.4. The van der Waals surface area contributed by atoms with Crippen molar-refractivity contribution in [3.63, 3.8) is 0 Å². The monoisotopic (exact) mass is 298 g/mol. The number of hydrogen-bond acceptors (Lipinski definition) is 2. The summed E-state index contributed by atoms with van der Waals surface area (Å²) in [5, 5.41) is 3.34. The summed E-state index contributed by atoms with van der Waals surface area (Å²) in [4.78, 5) is 26.7. The second-order valence-electron chi connectivity index (χ2n) is 4.91. The lowest BCUT2D eigenvalue weighted by atomic mass is 10.1. The molecule has 1 rings (SSSR count). The third kappa shape index (κ3) is 4.37. The molecule has 0 saturated carbocycles. The summed E-state index contributed by atoms with van der Waals surface area (Å²) in [6.07, 6.45) is 4.56. The van der Waals surface area contributed by atoms with E-state index >= 15 is 0 Å². The van der Waals surface area contributed by atoms with Crippen LogP contribution >= 0.6 is 11.6 Å². The highest BCUT2D eigenvalue weighted by Crippen LogP contribution is 2.14. The van der Waals surface area contributed by atoms with Crippen LogP contribution in [0.5, 0.6) is 0 Å². The van der Waals surface area contributed by atoms with Gasteiger partial charge in [0.1, 0.15) is 5.56 Å². The van der Waals surface area contributed by atoms with Crippen LogP contribution < -0.4 is 10.9 Å². The number of pyridine rings is 1. The van der Waals surface area contributed by atoms with Gasteiger partial charge in [-0.3, -0.25) is 9.59 Å². The molecule has 1 aromatic rings. The van der Waals surface area contributed by atoms with Crippen LogP contribution in [0, 0.1) is 0 Å². The lowest BCUT2D eigenvalue weighted by Gasteiger charge is -2.16. The van der Waals surface area contributed by atoms with E-state index in [1.165, 1.54) is 6.07 Å². The molecule has 0 aliphatic rings. The zero-order chi connectivity index (χ0) is 15.1. The maximum atomic E-state index is 12.2. The molecule has 0 aliphatic carbocycles. The van der Waals surface area contributed by atoms with Crippen molar-refractivity contribution in [1.29, 1.82) is 0 Å². The van der Waals surface area contributed by atoms with Crippen LogP contribution in [0.15, 0.2) is 10.9 Å². The third-order valence-electron chi connectivity index (χ3n) is 3.40. The van der Waals surface area contributed by atoms with Crippen molar-refractivity contribution in [2.24, 2.45) is 0 Å². The Labute approximate surface area is 124 Å². The second kappa shape index (κ2) is 8.10. The smallest absolute Gasteiger partial charge is 0.261 e. The highest BCUT2D eigenvalue weighted by Gasteiger charge is 2.16. The third-order valence-corrected chi connectivity index (χ3v) is 3.74.